The Morgan fingerprint density at radius 2 is 1.76 bits per heavy atom. The van der Waals surface area contributed by atoms with Crippen molar-refractivity contribution in [1.29, 1.82) is 0 Å². The van der Waals surface area contributed by atoms with Crippen molar-refractivity contribution in [3.8, 4) is 5.75 Å². The number of ketones is 1. The zero-order valence-corrected chi connectivity index (χ0v) is 21.5. The lowest BCUT2D eigenvalue weighted by Crippen LogP contribution is -2.30. The second-order valence-corrected chi connectivity index (χ2v) is 10.3. The number of aliphatic hydroxyl groups is 1. The summed E-state index contributed by atoms with van der Waals surface area (Å²) < 4.78 is 5.53. The zero-order valence-electron chi connectivity index (χ0n) is 21.5. The van der Waals surface area contributed by atoms with Crippen molar-refractivity contribution in [1.82, 2.24) is 9.97 Å². The molecule has 1 saturated heterocycles. The first-order chi connectivity index (χ1) is 17.6. The molecule has 0 aliphatic carbocycles. The molecule has 1 aromatic heterocycles. The van der Waals surface area contributed by atoms with Gasteiger partial charge in [0, 0.05) is 11.1 Å². The number of aliphatic hydroxyl groups excluding tert-OH is 1. The minimum Gasteiger partial charge on any atom is -0.507 e. The molecule has 5 rings (SSSR count). The molecule has 1 amide bonds. The van der Waals surface area contributed by atoms with Crippen LogP contribution in [0.15, 0.2) is 72.3 Å². The normalized spacial score (nSPS) is 17.5. The summed E-state index contributed by atoms with van der Waals surface area (Å²) in [6, 6.07) is 19.4. The van der Waals surface area contributed by atoms with Gasteiger partial charge in [0.15, 0.2) is 0 Å². The number of aromatic amines is 1. The van der Waals surface area contributed by atoms with Crippen molar-refractivity contribution < 1.29 is 19.4 Å². The molecule has 2 N–H and O–H groups in total. The maximum atomic E-state index is 13.5. The molecule has 0 bridgehead atoms. The summed E-state index contributed by atoms with van der Waals surface area (Å²) in [5, 5.41) is 11.5. The van der Waals surface area contributed by atoms with E-state index in [9.17, 15) is 14.7 Å². The minimum absolute atomic E-state index is 0.0119. The van der Waals surface area contributed by atoms with E-state index in [2.05, 4.69) is 9.97 Å². The van der Waals surface area contributed by atoms with Crippen molar-refractivity contribution in [2.24, 2.45) is 0 Å². The number of carbonyl (C=O) groups is 2. The molecule has 7 nitrogen and oxygen atoms in total. The van der Waals surface area contributed by atoms with Gasteiger partial charge >= 0.3 is 5.91 Å². The highest BCUT2D eigenvalue weighted by atomic mass is 16.5. The van der Waals surface area contributed by atoms with Crippen molar-refractivity contribution >= 4 is 34.4 Å². The molecular formula is C30H29N3O4. The first-order valence-corrected chi connectivity index (χ1v) is 12.1. The van der Waals surface area contributed by atoms with Crippen LogP contribution in [0.3, 0.4) is 0 Å². The average molecular weight is 496 g/mol. The number of nitrogens with zero attached hydrogens (tertiary/aromatic N) is 2. The fourth-order valence-electron chi connectivity index (χ4n) is 4.82. The standard InChI is InChI=1S/C30H29N3O4/c1-17-11-13-21-22(15-17)32-29(31-21)33-25(18-9-7-6-8-10-18)24(27(35)28(33)36)26(34)19-12-14-23(37-5)20(16-19)30(2,3)4/h6-16,25,34H,1-5H3,(H,31,32)/b26-24+. The van der Waals surface area contributed by atoms with Crippen LogP contribution < -0.4 is 9.64 Å². The molecule has 1 atom stereocenters. The van der Waals surface area contributed by atoms with E-state index in [4.69, 9.17) is 4.74 Å². The van der Waals surface area contributed by atoms with Gasteiger partial charge in [-0.15, -0.1) is 0 Å². The predicted molar refractivity (Wildman–Crippen MR) is 144 cm³/mol. The van der Waals surface area contributed by atoms with Crippen molar-refractivity contribution in [2.75, 3.05) is 12.0 Å². The smallest absolute Gasteiger partial charge is 0.302 e. The van der Waals surface area contributed by atoms with E-state index in [0.717, 1.165) is 16.6 Å². The number of hydrogen-bond acceptors (Lipinski definition) is 5. The summed E-state index contributed by atoms with van der Waals surface area (Å²) in [5.41, 5.74) is 4.20. The van der Waals surface area contributed by atoms with Crippen molar-refractivity contribution in [2.45, 2.75) is 39.2 Å². The topological polar surface area (TPSA) is 95.5 Å². The second-order valence-electron chi connectivity index (χ2n) is 10.3. The Morgan fingerprint density at radius 3 is 2.43 bits per heavy atom. The number of anilines is 1. The fourth-order valence-corrected chi connectivity index (χ4v) is 4.82. The van der Waals surface area contributed by atoms with Gasteiger partial charge in [-0.05, 0) is 53.8 Å². The number of imidazole rings is 1. The SMILES string of the molecule is COc1ccc(/C(O)=C2\C(=O)C(=O)N(c3nc4ccc(C)cc4[nH]3)C2c2ccccc2)cc1C(C)(C)C. The summed E-state index contributed by atoms with van der Waals surface area (Å²) in [5.74, 6) is -0.830. The second kappa shape index (κ2) is 8.92. The third kappa shape index (κ3) is 4.16. The molecule has 3 aromatic carbocycles. The lowest BCUT2D eigenvalue weighted by Gasteiger charge is -2.24. The summed E-state index contributed by atoms with van der Waals surface area (Å²) >= 11 is 0. The Kier molecular flexibility index (Phi) is 5.86. The van der Waals surface area contributed by atoms with Crippen LogP contribution in [0.1, 0.15) is 49.1 Å². The van der Waals surface area contributed by atoms with Crippen LogP contribution in [0, 0.1) is 6.92 Å². The number of rotatable bonds is 4. The minimum atomic E-state index is -0.858. The summed E-state index contributed by atoms with van der Waals surface area (Å²) in [6.45, 7) is 8.10. The van der Waals surface area contributed by atoms with Gasteiger partial charge in [0.2, 0.25) is 5.95 Å². The van der Waals surface area contributed by atoms with Gasteiger partial charge < -0.3 is 14.8 Å². The lowest BCUT2D eigenvalue weighted by atomic mass is 9.84. The highest BCUT2D eigenvalue weighted by molar-refractivity contribution is 6.51. The Balaban J connectivity index is 1.72. The third-order valence-corrected chi connectivity index (χ3v) is 6.69. The van der Waals surface area contributed by atoms with Crippen LogP contribution in [0.5, 0.6) is 5.75 Å². The van der Waals surface area contributed by atoms with Gasteiger partial charge in [-0.1, -0.05) is 57.2 Å². The molecule has 0 saturated carbocycles. The van der Waals surface area contributed by atoms with Crippen molar-refractivity contribution in [3.63, 3.8) is 0 Å². The Morgan fingerprint density at radius 1 is 1.03 bits per heavy atom. The van der Waals surface area contributed by atoms with Crippen LogP contribution in [-0.4, -0.2) is 33.9 Å². The third-order valence-electron chi connectivity index (χ3n) is 6.69. The summed E-state index contributed by atoms with van der Waals surface area (Å²) in [7, 11) is 1.60. The molecule has 7 heteroatoms. The molecule has 4 aromatic rings. The Labute approximate surface area is 215 Å². The van der Waals surface area contributed by atoms with Gasteiger partial charge in [-0.3, -0.25) is 14.5 Å². The van der Waals surface area contributed by atoms with E-state index in [-0.39, 0.29) is 22.7 Å². The first kappa shape index (κ1) is 24.3. The molecule has 1 unspecified atom stereocenters. The van der Waals surface area contributed by atoms with Gasteiger partial charge in [0.1, 0.15) is 11.5 Å². The molecule has 188 valence electrons. The number of ether oxygens (including phenoxy) is 1. The maximum absolute atomic E-state index is 13.5. The highest BCUT2D eigenvalue weighted by Gasteiger charge is 2.48. The van der Waals surface area contributed by atoms with Crippen LogP contribution in [-0.2, 0) is 15.0 Å². The van der Waals surface area contributed by atoms with Crippen molar-refractivity contribution in [3.05, 3.63) is 94.6 Å². The van der Waals surface area contributed by atoms with E-state index >= 15 is 0 Å². The molecule has 0 spiro atoms. The maximum Gasteiger partial charge on any atom is 0.302 e. The summed E-state index contributed by atoms with van der Waals surface area (Å²) in [6.07, 6.45) is 0. The lowest BCUT2D eigenvalue weighted by molar-refractivity contribution is -0.132. The van der Waals surface area contributed by atoms with Crippen LogP contribution in [0.2, 0.25) is 0 Å². The van der Waals surface area contributed by atoms with E-state index < -0.39 is 17.7 Å². The molecule has 37 heavy (non-hydrogen) atoms. The number of aryl methyl sites for hydroxylation is 1. The Hall–Kier alpha value is -4.39. The first-order valence-electron chi connectivity index (χ1n) is 12.1. The quantitative estimate of drug-likeness (QED) is 0.212. The highest BCUT2D eigenvalue weighted by Crippen LogP contribution is 2.42. The number of aromatic nitrogens is 2. The van der Waals surface area contributed by atoms with Crippen LogP contribution >= 0.6 is 0 Å². The largest absolute Gasteiger partial charge is 0.507 e. The van der Waals surface area contributed by atoms with E-state index in [1.165, 1.54) is 4.90 Å². The number of nitrogens with one attached hydrogen (secondary N) is 1. The van der Waals surface area contributed by atoms with Crippen LogP contribution in [0.25, 0.3) is 16.8 Å². The number of methoxy groups -OCH3 is 1. The predicted octanol–water partition coefficient (Wildman–Crippen LogP) is 5.80. The molecule has 1 fully saturated rings. The number of carbonyl (C=O) groups excluding carboxylic acids is 2. The number of fused-ring (bicyclic) bond motifs is 1. The zero-order chi connectivity index (χ0) is 26.5. The Bertz CT molecular complexity index is 1560. The number of Topliss-reactive ketones (excluding diaryl/α,β-unsaturated/α-hetero) is 1. The van der Waals surface area contributed by atoms with Gasteiger partial charge in [-0.25, -0.2) is 4.98 Å². The number of hydrogen-bond donors (Lipinski definition) is 2. The monoisotopic (exact) mass is 495 g/mol. The van der Waals surface area contributed by atoms with E-state index in [1.807, 2.05) is 82.3 Å². The van der Waals surface area contributed by atoms with Gasteiger partial charge in [0.05, 0.1) is 29.8 Å². The molecule has 1 aliphatic rings. The number of amides is 1. The fraction of sp³-hybridized carbons (Fsp3) is 0.233. The molecule has 0 radical (unpaired) electrons. The number of benzene rings is 3. The van der Waals surface area contributed by atoms with Crippen LogP contribution in [0.4, 0.5) is 5.95 Å². The molecular weight excluding hydrogens is 466 g/mol. The molecule has 2 heterocycles. The summed E-state index contributed by atoms with van der Waals surface area (Å²) in [4.78, 5) is 36.1. The van der Waals surface area contributed by atoms with Gasteiger partial charge in [-0.2, -0.15) is 0 Å². The van der Waals surface area contributed by atoms with E-state index in [0.29, 0.717) is 22.4 Å². The van der Waals surface area contributed by atoms with E-state index in [1.54, 1.807) is 19.2 Å². The average Bonchev–Trinajstić information content (AvgIpc) is 3.40. The molecule has 1 aliphatic heterocycles. The number of H-pyrrole nitrogens is 1. The van der Waals surface area contributed by atoms with Gasteiger partial charge in [0.25, 0.3) is 5.78 Å².